The average Bonchev–Trinajstić information content (AvgIpc) is 2.67. The van der Waals surface area contributed by atoms with Gasteiger partial charge in [0.2, 0.25) is 0 Å². The van der Waals surface area contributed by atoms with Gasteiger partial charge in [0.15, 0.2) is 5.82 Å². The minimum absolute atomic E-state index is 0. The Hall–Kier alpha value is -1.73. The average molecular weight is 459 g/mol. The highest BCUT2D eigenvalue weighted by Crippen LogP contribution is 2.25. The summed E-state index contributed by atoms with van der Waals surface area (Å²) >= 11 is 0. The number of anilines is 2. The number of halogens is 2. The molecule has 0 unspecified atom stereocenters. The molecular weight excluding hydrogens is 423 g/mol. The molecule has 1 fully saturated rings. The minimum Gasteiger partial charge on any atom is -0.496 e. The van der Waals surface area contributed by atoms with E-state index in [1.807, 2.05) is 12.3 Å². The Labute approximate surface area is 193 Å². The summed E-state index contributed by atoms with van der Waals surface area (Å²) in [7, 11) is 1.75. The molecule has 170 valence electrons. The summed E-state index contributed by atoms with van der Waals surface area (Å²) in [5.41, 5.74) is 4.98. The van der Waals surface area contributed by atoms with Gasteiger partial charge in [0, 0.05) is 45.5 Å². The number of pyridine rings is 1. The van der Waals surface area contributed by atoms with E-state index in [2.05, 4.69) is 59.1 Å². The van der Waals surface area contributed by atoms with E-state index in [4.69, 9.17) is 4.74 Å². The van der Waals surface area contributed by atoms with E-state index in [-0.39, 0.29) is 30.3 Å². The number of methoxy groups -OCH3 is 1. The van der Waals surface area contributed by atoms with E-state index in [9.17, 15) is 0 Å². The van der Waals surface area contributed by atoms with Crippen molar-refractivity contribution in [2.75, 3.05) is 56.6 Å². The summed E-state index contributed by atoms with van der Waals surface area (Å²) < 4.78 is 5.48. The van der Waals surface area contributed by atoms with E-state index in [1.54, 1.807) is 7.11 Å². The lowest BCUT2D eigenvalue weighted by atomic mass is 10.0. The van der Waals surface area contributed by atoms with E-state index < -0.39 is 0 Å². The van der Waals surface area contributed by atoms with Crippen LogP contribution in [0.15, 0.2) is 30.5 Å². The third-order valence-corrected chi connectivity index (χ3v) is 5.27. The molecule has 8 heteroatoms. The predicted octanol–water partition coefficient (Wildman–Crippen LogP) is 3.52. The first-order valence-electron chi connectivity index (χ1n) is 9.92. The van der Waals surface area contributed by atoms with Crippen LogP contribution >= 0.6 is 24.8 Å². The van der Waals surface area contributed by atoms with Gasteiger partial charge in [0.25, 0.3) is 0 Å². The Morgan fingerprint density at radius 2 is 1.70 bits per heavy atom. The van der Waals surface area contributed by atoms with Crippen LogP contribution in [0.5, 0.6) is 5.75 Å². The quantitative estimate of drug-likeness (QED) is 0.686. The molecule has 6 nitrogen and oxygen atoms in total. The summed E-state index contributed by atoms with van der Waals surface area (Å²) in [6.45, 7) is 12.6. The molecule has 0 amide bonds. The van der Waals surface area contributed by atoms with Crippen LogP contribution in [-0.4, -0.2) is 61.7 Å². The number of nitrogens with zero attached hydrogens (tertiary/aromatic N) is 3. The van der Waals surface area contributed by atoms with Gasteiger partial charge in [0.05, 0.1) is 12.8 Å². The molecule has 1 aromatic carbocycles. The van der Waals surface area contributed by atoms with Gasteiger partial charge < -0.3 is 20.4 Å². The zero-order chi connectivity index (χ0) is 19.2. The fourth-order valence-electron chi connectivity index (χ4n) is 3.95. The molecule has 2 heterocycles. The summed E-state index contributed by atoms with van der Waals surface area (Å²) in [6.07, 6.45) is 2.97. The van der Waals surface area contributed by atoms with Crippen molar-refractivity contribution in [2.45, 2.75) is 27.2 Å². The molecule has 1 aromatic heterocycles. The second-order valence-electron chi connectivity index (χ2n) is 7.25. The molecule has 0 saturated carbocycles. The van der Waals surface area contributed by atoms with Crippen molar-refractivity contribution in [3.8, 4) is 5.75 Å². The first-order chi connectivity index (χ1) is 13.1. The Morgan fingerprint density at radius 3 is 2.27 bits per heavy atom. The van der Waals surface area contributed by atoms with Crippen molar-refractivity contribution in [1.29, 1.82) is 0 Å². The van der Waals surface area contributed by atoms with E-state index >= 15 is 0 Å². The lowest BCUT2D eigenvalue weighted by Gasteiger charge is -2.36. The molecule has 0 spiro atoms. The predicted molar refractivity (Wildman–Crippen MR) is 131 cm³/mol. The van der Waals surface area contributed by atoms with Crippen LogP contribution in [0.2, 0.25) is 0 Å². The number of hydrogen-bond donors (Lipinski definition) is 1. The Balaban J connectivity index is 0.00000280. The third-order valence-electron chi connectivity index (χ3n) is 5.27. The molecule has 0 aliphatic carbocycles. The molecule has 3 rings (SSSR count). The molecule has 1 saturated heterocycles. The Morgan fingerprint density at radius 1 is 1.07 bits per heavy atom. The summed E-state index contributed by atoms with van der Waals surface area (Å²) in [6, 6.07) is 8.64. The molecule has 2 aromatic rings. The number of aromatic nitrogens is 1. The van der Waals surface area contributed by atoms with Crippen LogP contribution in [0.3, 0.4) is 0 Å². The number of benzene rings is 1. The summed E-state index contributed by atoms with van der Waals surface area (Å²) in [5, 5.41) is 3.42. The number of rotatable bonds is 7. The number of ether oxygens (including phenoxy) is 1. The fraction of sp³-hybridized carbons (Fsp3) is 0.500. The number of nitrogens with one attached hydrogen (secondary N) is 1. The monoisotopic (exact) mass is 458 g/mol. The van der Waals surface area contributed by atoms with Crippen LogP contribution in [-0.2, 0) is 6.42 Å². The molecule has 3 N–H and O–H groups in total. The van der Waals surface area contributed by atoms with Crippen molar-refractivity contribution < 1.29 is 10.2 Å². The van der Waals surface area contributed by atoms with Crippen molar-refractivity contribution in [3.05, 3.63) is 47.2 Å². The molecule has 0 atom stereocenters. The Bertz CT molecular complexity index is 746. The van der Waals surface area contributed by atoms with Crippen LogP contribution in [0.1, 0.15) is 23.6 Å². The standard InChI is InChI=1S/C22H32N4O.2ClH.H2O/c1-5-23-20-7-6-9-24-22(20)26-13-11-25(12-14-26)10-8-19-15-17(2)21(27-4)18(3)16-19;;;/h6-7,9,15-16,23H,5,8,10-14H2,1-4H3;2*1H;1H2. The first kappa shape index (κ1) is 28.3. The molecule has 1 aliphatic rings. The smallest absolute Gasteiger partial charge is 0.152 e. The van der Waals surface area contributed by atoms with Crippen LogP contribution < -0.4 is 15.0 Å². The van der Waals surface area contributed by atoms with Crippen LogP contribution in [0.25, 0.3) is 0 Å². The van der Waals surface area contributed by atoms with E-state index in [0.717, 1.165) is 62.9 Å². The number of piperazine rings is 1. The normalized spacial score (nSPS) is 13.5. The van der Waals surface area contributed by atoms with Gasteiger partial charge in [-0.1, -0.05) is 12.1 Å². The van der Waals surface area contributed by atoms with Gasteiger partial charge in [0.1, 0.15) is 5.75 Å². The molecule has 30 heavy (non-hydrogen) atoms. The second-order valence-corrected chi connectivity index (χ2v) is 7.25. The van der Waals surface area contributed by atoms with Gasteiger partial charge in [-0.3, -0.25) is 4.90 Å². The van der Waals surface area contributed by atoms with Gasteiger partial charge >= 0.3 is 0 Å². The van der Waals surface area contributed by atoms with Crippen molar-refractivity contribution in [1.82, 2.24) is 9.88 Å². The van der Waals surface area contributed by atoms with Crippen LogP contribution in [0.4, 0.5) is 11.5 Å². The van der Waals surface area contributed by atoms with E-state index in [0.29, 0.717) is 0 Å². The Kier molecular flexibility index (Phi) is 12.8. The lowest BCUT2D eigenvalue weighted by Crippen LogP contribution is -2.47. The lowest BCUT2D eigenvalue weighted by molar-refractivity contribution is 0.260. The van der Waals surface area contributed by atoms with Gasteiger partial charge in [-0.05, 0) is 56.0 Å². The van der Waals surface area contributed by atoms with Gasteiger partial charge in [-0.25, -0.2) is 4.98 Å². The van der Waals surface area contributed by atoms with Crippen molar-refractivity contribution >= 4 is 36.3 Å². The number of hydrogen-bond acceptors (Lipinski definition) is 5. The van der Waals surface area contributed by atoms with Gasteiger partial charge in [-0.15, -0.1) is 24.8 Å². The summed E-state index contributed by atoms with van der Waals surface area (Å²) in [4.78, 5) is 9.56. The van der Waals surface area contributed by atoms with Gasteiger partial charge in [-0.2, -0.15) is 0 Å². The second kappa shape index (κ2) is 13.5. The SMILES string of the molecule is CCNc1cccnc1N1CCN(CCc2cc(C)c(OC)c(C)c2)CC1.Cl.Cl.O. The molecule has 0 bridgehead atoms. The first-order valence-corrected chi connectivity index (χ1v) is 9.92. The largest absolute Gasteiger partial charge is 0.496 e. The zero-order valence-corrected chi connectivity index (χ0v) is 20.0. The highest BCUT2D eigenvalue weighted by atomic mass is 35.5. The maximum absolute atomic E-state index is 5.48. The highest BCUT2D eigenvalue weighted by molar-refractivity contribution is 5.85. The van der Waals surface area contributed by atoms with Crippen molar-refractivity contribution in [2.24, 2.45) is 0 Å². The topological polar surface area (TPSA) is 72.1 Å². The maximum Gasteiger partial charge on any atom is 0.152 e. The number of aryl methyl sites for hydroxylation is 2. The maximum atomic E-state index is 5.48. The van der Waals surface area contributed by atoms with E-state index in [1.165, 1.54) is 16.7 Å². The molecule has 1 aliphatic heterocycles. The molecular formula is C22H36Cl2N4O2. The minimum atomic E-state index is 0. The highest BCUT2D eigenvalue weighted by Gasteiger charge is 2.20. The summed E-state index contributed by atoms with van der Waals surface area (Å²) in [5.74, 6) is 2.10. The third kappa shape index (κ3) is 6.91. The molecule has 0 radical (unpaired) electrons. The van der Waals surface area contributed by atoms with Crippen molar-refractivity contribution in [3.63, 3.8) is 0 Å². The van der Waals surface area contributed by atoms with Crippen LogP contribution in [0, 0.1) is 13.8 Å². The fourth-order valence-corrected chi connectivity index (χ4v) is 3.95. The zero-order valence-electron chi connectivity index (χ0n) is 18.4.